The molecular formula is C21H18N4O6S. The van der Waals surface area contributed by atoms with Crippen LogP contribution in [0.3, 0.4) is 0 Å². The minimum Gasteiger partial charge on any atom is -0.467 e. The monoisotopic (exact) mass is 454 g/mol. The minimum atomic E-state index is -1.59. The highest BCUT2D eigenvalue weighted by atomic mass is 32.1. The highest BCUT2D eigenvalue weighted by Gasteiger charge is 2.31. The van der Waals surface area contributed by atoms with Crippen molar-refractivity contribution in [2.24, 2.45) is 0 Å². The molecule has 0 aliphatic rings. The number of carbonyl (C=O) groups is 2. The van der Waals surface area contributed by atoms with Crippen LogP contribution in [-0.4, -0.2) is 50.0 Å². The number of aromatic amines is 1. The summed E-state index contributed by atoms with van der Waals surface area (Å²) in [6.45, 7) is 0. The SMILES string of the molecule is COC(=O)C(O)C(Cc1ccccc1)NC(=O)c1nsnc1-c1cccc2oc(=O)[nH]c12. The number of aromatic nitrogens is 3. The lowest BCUT2D eigenvalue weighted by Gasteiger charge is -2.22. The Morgan fingerprint density at radius 3 is 2.72 bits per heavy atom. The number of aliphatic hydroxyl groups excluding tert-OH is 1. The number of hydrogen-bond acceptors (Lipinski definition) is 9. The molecule has 0 radical (unpaired) electrons. The number of esters is 1. The Labute approximate surface area is 185 Å². The van der Waals surface area contributed by atoms with E-state index < -0.39 is 29.8 Å². The fraction of sp³-hybridized carbons (Fsp3) is 0.190. The molecule has 3 N–H and O–H groups in total. The second-order valence-electron chi connectivity index (χ2n) is 6.89. The molecule has 2 aromatic carbocycles. The second-order valence-corrected chi connectivity index (χ2v) is 7.42. The Balaban J connectivity index is 1.65. The highest BCUT2D eigenvalue weighted by molar-refractivity contribution is 6.99. The number of nitrogens with one attached hydrogen (secondary N) is 2. The number of H-pyrrole nitrogens is 1. The maximum absolute atomic E-state index is 13.1. The Bertz CT molecular complexity index is 1310. The number of amides is 1. The van der Waals surface area contributed by atoms with E-state index >= 15 is 0 Å². The number of rotatable bonds is 7. The smallest absolute Gasteiger partial charge is 0.417 e. The van der Waals surface area contributed by atoms with Gasteiger partial charge in [0.05, 0.1) is 30.4 Å². The lowest BCUT2D eigenvalue weighted by atomic mass is 10.0. The minimum absolute atomic E-state index is 0.0142. The van der Waals surface area contributed by atoms with E-state index in [1.54, 1.807) is 18.2 Å². The number of fused-ring (bicyclic) bond motifs is 1. The fourth-order valence-electron chi connectivity index (χ4n) is 3.32. The van der Waals surface area contributed by atoms with Crippen LogP contribution in [0.15, 0.2) is 57.7 Å². The van der Waals surface area contributed by atoms with Gasteiger partial charge in [-0.25, -0.2) is 9.59 Å². The molecule has 4 aromatic rings. The highest BCUT2D eigenvalue weighted by Crippen LogP contribution is 2.28. The lowest BCUT2D eigenvalue weighted by molar-refractivity contribution is -0.151. The van der Waals surface area contributed by atoms with Gasteiger partial charge >= 0.3 is 11.7 Å². The molecule has 1 amide bonds. The van der Waals surface area contributed by atoms with Gasteiger partial charge in [-0.1, -0.05) is 42.5 Å². The summed E-state index contributed by atoms with van der Waals surface area (Å²) in [7, 11) is 1.15. The zero-order valence-electron chi connectivity index (χ0n) is 16.8. The molecule has 2 unspecified atom stereocenters. The molecule has 0 saturated carbocycles. The number of methoxy groups -OCH3 is 1. The van der Waals surface area contributed by atoms with E-state index in [2.05, 4.69) is 23.8 Å². The van der Waals surface area contributed by atoms with E-state index in [9.17, 15) is 19.5 Å². The molecule has 0 spiro atoms. The number of oxazole rings is 1. The van der Waals surface area contributed by atoms with Gasteiger partial charge in [-0.05, 0) is 18.1 Å². The van der Waals surface area contributed by atoms with Gasteiger partial charge in [0.25, 0.3) is 5.91 Å². The molecule has 32 heavy (non-hydrogen) atoms. The second kappa shape index (κ2) is 9.12. The van der Waals surface area contributed by atoms with E-state index in [4.69, 9.17) is 4.42 Å². The van der Waals surface area contributed by atoms with Gasteiger partial charge in [-0.2, -0.15) is 8.75 Å². The van der Waals surface area contributed by atoms with E-state index in [-0.39, 0.29) is 17.8 Å². The molecule has 164 valence electrons. The van der Waals surface area contributed by atoms with Crippen molar-refractivity contribution in [2.75, 3.05) is 7.11 Å². The van der Waals surface area contributed by atoms with Gasteiger partial charge in [-0.3, -0.25) is 9.78 Å². The zero-order chi connectivity index (χ0) is 22.7. The normalized spacial score (nSPS) is 12.9. The van der Waals surface area contributed by atoms with Crippen molar-refractivity contribution >= 4 is 34.7 Å². The van der Waals surface area contributed by atoms with Crippen LogP contribution in [0.4, 0.5) is 0 Å². The van der Waals surface area contributed by atoms with E-state index in [1.165, 1.54) is 0 Å². The van der Waals surface area contributed by atoms with Crippen molar-refractivity contribution in [1.29, 1.82) is 0 Å². The van der Waals surface area contributed by atoms with Crippen LogP contribution >= 0.6 is 11.7 Å². The molecule has 0 aliphatic heterocycles. The van der Waals surface area contributed by atoms with Gasteiger partial charge < -0.3 is 19.6 Å². The first-order valence-electron chi connectivity index (χ1n) is 9.53. The number of benzene rings is 2. The topological polar surface area (TPSA) is 147 Å². The average Bonchev–Trinajstić information content (AvgIpc) is 3.44. The summed E-state index contributed by atoms with van der Waals surface area (Å²) in [5, 5.41) is 13.1. The van der Waals surface area contributed by atoms with Crippen molar-refractivity contribution in [3.05, 3.63) is 70.3 Å². The summed E-state index contributed by atoms with van der Waals surface area (Å²) in [6, 6.07) is 13.1. The molecule has 0 saturated heterocycles. The predicted octanol–water partition coefficient (Wildman–Crippen LogP) is 1.51. The first kappa shape index (κ1) is 21.4. The third-order valence-electron chi connectivity index (χ3n) is 4.85. The van der Waals surface area contributed by atoms with Crippen LogP contribution in [0.2, 0.25) is 0 Å². The van der Waals surface area contributed by atoms with Crippen LogP contribution in [0, 0.1) is 0 Å². The van der Waals surface area contributed by atoms with Gasteiger partial charge in [0.2, 0.25) is 0 Å². The summed E-state index contributed by atoms with van der Waals surface area (Å²) in [6.07, 6.45) is -1.41. The van der Waals surface area contributed by atoms with Gasteiger partial charge in [0, 0.05) is 5.56 Å². The maximum atomic E-state index is 13.1. The predicted molar refractivity (Wildman–Crippen MR) is 115 cm³/mol. The Kier molecular flexibility index (Phi) is 6.10. The van der Waals surface area contributed by atoms with Crippen molar-refractivity contribution in [1.82, 2.24) is 19.0 Å². The number of hydrogen-bond donors (Lipinski definition) is 3. The first-order valence-corrected chi connectivity index (χ1v) is 10.3. The number of aliphatic hydroxyl groups is 1. The molecule has 2 heterocycles. The molecule has 2 aromatic heterocycles. The van der Waals surface area contributed by atoms with Crippen molar-refractivity contribution in [3.8, 4) is 11.3 Å². The van der Waals surface area contributed by atoms with Gasteiger partial charge in [0.1, 0.15) is 5.69 Å². The molecule has 10 nitrogen and oxygen atoms in total. The van der Waals surface area contributed by atoms with Crippen LogP contribution in [0.5, 0.6) is 0 Å². The summed E-state index contributed by atoms with van der Waals surface area (Å²) < 4.78 is 18.0. The summed E-state index contributed by atoms with van der Waals surface area (Å²) in [4.78, 5) is 39.2. The molecule has 0 fully saturated rings. The van der Waals surface area contributed by atoms with E-state index in [1.807, 2.05) is 30.3 Å². The molecular weight excluding hydrogens is 436 g/mol. The van der Waals surface area contributed by atoms with Crippen LogP contribution in [0.1, 0.15) is 16.1 Å². The Hall–Kier alpha value is -3.83. The van der Waals surface area contributed by atoms with Crippen molar-refractivity contribution in [3.63, 3.8) is 0 Å². The van der Waals surface area contributed by atoms with Crippen LogP contribution < -0.4 is 11.1 Å². The van der Waals surface area contributed by atoms with E-state index in [0.717, 1.165) is 24.4 Å². The zero-order valence-corrected chi connectivity index (χ0v) is 17.6. The Morgan fingerprint density at radius 2 is 1.97 bits per heavy atom. The summed E-state index contributed by atoms with van der Waals surface area (Å²) in [5.41, 5.74) is 2.18. The number of carbonyl (C=O) groups excluding carboxylic acids is 2. The van der Waals surface area contributed by atoms with Crippen molar-refractivity contribution < 1.29 is 23.8 Å². The van der Waals surface area contributed by atoms with Crippen LogP contribution in [0.25, 0.3) is 22.4 Å². The molecule has 11 heteroatoms. The van der Waals surface area contributed by atoms with Gasteiger partial charge in [0.15, 0.2) is 17.4 Å². The lowest BCUT2D eigenvalue weighted by Crippen LogP contribution is -2.48. The maximum Gasteiger partial charge on any atom is 0.417 e. The fourth-order valence-corrected chi connectivity index (χ4v) is 3.87. The third kappa shape index (κ3) is 4.29. The van der Waals surface area contributed by atoms with Crippen molar-refractivity contribution in [2.45, 2.75) is 18.6 Å². The molecule has 4 rings (SSSR count). The Morgan fingerprint density at radius 1 is 1.19 bits per heavy atom. The largest absolute Gasteiger partial charge is 0.467 e. The molecule has 2 atom stereocenters. The average molecular weight is 454 g/mol. The van der Waals surface area contributed by atoms with E-state index in [0.29, 0.717) is 16.7 Å². The standard InChI is InChI=1S/C21H18N4O6S/c1-30-20(28)18(26)13(10-11-6-3-2-4-7-11)22-19(27)17-16(24-32-25-17)12-8-5-9-14-15(12)23-21(29)31-14/h2-9,13,18,26H,10H2,1H3,(H,22,27)(H,23,29). The summed E-state index contributed by atoms with van der Waals surface area (Å²) in [5.74, 6) is -2.14. The summed E-state index contributed by atoms with van der Waals surface area (Å²) >= 11 is 0.817. The number of nitrogens with zero attached hydrogens (tertiary/aromatic N) is 2. The molecule has 0 bridgehead atoms. The quantitative estimate of drug-likeness (QED) is 0.356. The number of para-hydroxylation sites is 1. The van der Waals surface area contributed by atoms with Gasteiger partial charge in [-0.15, -0.1) is 0 Å². The number of ether oxygens (including phenoxy) is 1. The third-order valence-corrected chi connectivity index (χ3v) is 5.38. The first-order chi connectivity index (χ1) is 15.5. The molecule has 0 aliphatic carbocycles. The van der Waals surface area contributed by atoms with Crippen LogP contribution in [-0.2, 0) is 16.0 Å².